The first-order valence-electron chi connectivity index (χ1n) is 4.06. The first-order valence-corrected chi connectivity index (χ1v) is 4.06. The zero-order valence-corrected chi connectivity index (χ0v) is 7.96. The number of aromatic carboxylic acids is 1. The molecule has 0 saturated heterocycles. The summed E-state index contributed by atoms with van der Waals surface area (Å²) in [5, 5.41) is 17.2. The third-order valence-corrected chi connectivity index (χ3v) is 2.01. The molecular formula is C10H10N2O2. The van der Waals surface area contributed by atoms with Gasteiger partial charge in [-0.15, -0.1) is 0 Å². The zero-order chi connectivity index (χ0) is 10.7. The second-order valence-corrected chi connectivity index (χ2v) is 2.93. The summed E-state index contributed by atoms with van der Waals surface area (Å²) >= 11 is 0. The van der Waals surface area contributed by atoms with Crippen molar-refractivity contribution < 1.29 is 9.90 Å². The molecule has 1 aromatic rings. The van der Waals surface area contributed by atoms with Crippen LogP contribution in [0.2, 0.25) is 0 Å². The third kappa shape index (κ3) is 1.67. The molecule has 0 fully saturated rings. The molecular weight excluding hydrogens is 180 g/mol. The van der Waals surface area contributed by atoms with E-state index in [9.17, 15) is 4.79 Å². The van der Waals surface area contributed by atoms with Gasteiger partial charge >= 0.3 is 5.97 Å². The number of hydrogen-bond donors (Lipinski definition) is 2. The molecule has 0 aliphatic rings. The maximum atomic E-state index is 10.8. The van der Waals surface area contributed by atoms with Gasteiger partial charge in [0, 0.05) is 17.5 Å². The maximum absolute atomic E-state index is 10.8. The maximum Gasteiger partial charge on any atom is 0.337 e. The number of nitrogens with one attached hydrogen (secondary N) is 1. The fourth-order valence-electron chi connectivity index (χ4n) is 1.38. The highest BCUT2D eigenvalue weighted by Crippen LogP contribution is 2.18. The molecule has 0 radical (unpaired) electrons. The molecule has 4 heteroatoms. The molecule has 0 atom stereocenters. The molecule has 0 unspecified atom stereocenters. The minimum absolute atomic E-state index is 0.280. The van der Waals surface area contributed by atoms with Gasteiger partial charge in [-0.2, -0.15) is 5.26 Å². The van der Waals surface area contributed by atoms with Crippen molar-refractivity contribution in [2.75, 3.05) is 0 Å². The number of nitriles is 1. The summed E-state index contributed by atoms with van der Waals surface area (Å²) < 4.78 is 0. The number of H-pyrrole nitrogens is 1. The fourth-order valence-corrected chi connectivity index (χ4v) is 1.38. The Hall–Kier alpha value is -2.02. The van der Waals surface area contributed by atoms with E-state index >= 15 is 0 Å². The monoisotopic (exact) mass is 190 g/mol. The molecule has 4 nitrogen and oxygen atoms in total. The average molecular weight is 190 g/mol. The highest BCUT2D eigenvalue weighted by atomic mass is 16.4. The highest BCUT2D eigenvalue weighted by molar-refractivity contribution is 5.92. The molecule has 0 spiro atoms. The summed E-state index contributed by atoms with van der Waals surface area (Å²) in [6, 6.07) is 1.85. The molecule has 1 heterocycles. The summed E-state index contributed by atoms with van der Waals surface area (Å²) in [7, 11) is 0. The molecule has 2 N–H and O–H groups in total. The molecule has 0 aliphatic carbocycles. The Labute approximate surface area is 81.5 Å². The summed E-state index contributed by atoms with van der Waals surface area (Å²) in [6.45, 7) is 3.41. The number of carboxylic acids is 1. The topological polar surface area (TPSA) is 76.9 Å². The molecule has 1 rings (SSSR count). The van der Waals surface area contributed by atoms with Crippen molar-refractivity contribution >= 4 is 12.0 Å². The van der Waals surface area contributed by atoms with Crippen LogP contribution in [0, 0.1) is 25.2 Å². The van der Waals surface area contributed by atoms with E-state index < -0.39 is 5.97 Å². The van der Waals surface area contributed by atoms with Gasteiger partial charge in [0.1, 0.15) is 0 Å². The average Bonchev–Trinajstić information content (AvgIpc) is 2.38. The standard InChI is InChI=1S/C10H10N2O2/c1-6-8(4-3-5-11)12-7(2)9(6)10(13)14/h3-4,12H,1-2H3,(H,13,14). The Bertz CT molecular complexity index is 436. The first kappa shape index (κ1) is 10.1. The molecule has 1 aromatic heterocycles. The van der Waals surface area contributed by atoms with Gasteiger partial charge in [0.15, 0.2) is 0 Å². The van der Waals surface area contributed by atoms with Gasteiger partial charge in [-0.3, -0.25) is 0 Å². The van der Waals surface area contributed by atoms with Crippen molar-refractivity contribution in [3.63, 3.8) is 0 Å². The van der Waals surface area contributed by atoms with Crippen LogP contribution >= 0.6 is 0 Å². The lowest BCUT2D eigenvalue weighted by Gasteiger charge is -1.92. The second-order valence-electron chi connectivity index (χ2n) is 2.93. The lowest BCUT2D eigenvalue weighted by atomic mass is 10.1. The van der Waals surface area contributed by atoms with Crippen LogP contribution in [-0.2, 0) is 0 Å². The minimum atomic E-state index is -0.951. The van der Waals surface area contributed by atoms with Gasteiger partial charge in [-0.25, -0.2) is 4.79 Å². The Morgan fingerprint density at radius 2 is 2.21 bits per heavy atom. The summed E-state index contributed by atoms with van der Waals surface area (Å²) in [6.07, 6.45) is 2.87. The Morgan fingerprint density at radius 1 is 1.57 bits per heavy atom. The number of carboxylic acid groups (broad SMARTS) is 1. The van der Waals surface area contributed by atoms with Gasteiger partial charge in [-0.1, -0.05) is 0 Å². The van der Waals surface area contributed by atoms with Gasteiger partial charge in [0.05, 0.1) is 11.6 Å². The SMILES string of the molecule is Cc1[nH]c(C=CC#N)c(C)c1C(=O)O. The number of aryl methyl sites for hydroxylation is 1. The smallest absolute Gasteiger partial charge is 0.337 e. The van der Waals surface area contributed by atoms with Gasteiger partial charge in [0.25, 0.3) is 0 Å². The van der Waals surface area contributed by atoms with Crippen LogP contribution in [0.5, 0.6) is 0 Å². The Balaban J connectivity index is 3.25. The molecule has 0 aromatic carbocycles. The zero-order valence-electron chi connectivity index (χ0n) is 7.96. The van der Waals surface area contributed by atoms with Crippen LogP contribution in [-0.4, -0.2) is 16.1 Å². The molecule has 0 amide bonds. The number of aromatic amines is 1. The predicted octanol–water partition coefficient (Wildman–Crippen LogP) is 1.87. The van der Waals surface area contributed by atoms with Crippen molar-refractivity contribution in [2.45, 2.75) is 13.8 Å². The molecule has 14 heavy (non-hydrogen) atoms. The number of nitrogens with zero attached hydrogens (tertiary/aromatic N) is 1. The van der Waals surface area contributed by atoms with Crippen LogP contribution in [0.3, 0.4) is 0 Å². The highest BCUT2D eigenvalue weighted by Gasteiger charge is 2.15. The number of aromatic nitrogens is 1. The van der Waals surface area contributed by atoms with Crippen molar-refractivity contribution in [1.29, 1.82) is 5.26 Å². The first-order chi connectivity index (χ1) is 6.57. The van der Waals surface area contributed by atoms with Crippen molar-refractivity contribution in [1.82, 2.24) is 4.98 Å². The lowest BCUT2D eigenvalue weighted by Crippen LogP contribution is -1.98. The molecule has 0 saturated carbocycles. The van der Waals surface area contributed by atoms with Gasteiger partial charge in [0.2, 0.25) is 0 Å². The Kier molecular flexibility index (Phi) is 2.73. The lowest BCUT2D eigenvalue weighted by molar-refractivity contribution is 0.0695. The van der Waals surface area contributed by atoms with E-state index in [-0.39, 0.29) is 5.56 Å². The number of carbonyl (C=O) groups is 1. The summed E-state index contributed by atoms with van der Waals surface area (Å²) in [5.74, 6) is -0.951. The van der Waals surface area contributed by atoms with Crippen LogP contribution in [0.15, 0.2) is 6.08 Å². The number of hydrogen-bond acceptors (Lipinski definition) is 2. The fraction of sp³-hybridized carbons (Fsp3) is 0.200. The quantitative estimate of drug-likeness (QED) is 0.699. The molecule has 0 bridgehead atoms. The van der Waals surface area contributed by atoms with Crippen molar-refractivity contribution in [2.24, 2.45) is 0 Å². The summed E-state index contributed by atoms with van der Waals surface area (Å²) in [4.78, 5) is 13.7. The minimum Gasteiger partial charge on any atom is -0.478 e. The van der Waals surface area contributed by atoms with Crippen LogP contribution in [0.1, 0.15) is 27.3 Å². The van der Waals surface area contributed by atoms with E-state index in [4.69, 9.17) is 10.4 Å². The molecule has 0 aliphatic heterocycles. The van der Waals surface area contributed by atoms with Gasteiger partial charge in [-0.05, 0) is 25.5 Å². The predicted molar refractivity (Wildman–Crippen MR) is 51.9 cm³/mol. The van der Waals surface area contributed by atoms with E-state index in [0.717, 1.165) is 0 Å². The van der Waals surface area contributed by atoms with Gasteiger partial charge < -0.3 is 10.1 Å². The van der Waals surface area contributed by atoms with Crippen LogP contribution in [0.4, 0.5) is 0 Å². The van der Waals surface area contributed by atoms with E-state index in [2.05, 4.69) is 4.98 Å². The third-order valence-electron chi connectivity index (χ3n) is 2.01. The van der Waals surface area contributed by atoms with E-state index in [1.165, 1.54) is 6.08 Å². The number of rotatable bonds is 2. The van der Waals surface area contributed by atoms with Crippen LogP contribution in [0.25, 0.3) is 6.08 Å². The van der Waals surface area contributed by atoms with E-state index in [1.807, 2.05) is 6.07 Å². The van der Waals surface area contributed by atoms with Crippen molar-refractivity contribution in [3.05, 3.63) is 28.6 Å². The van der Waals surface area contributed by atoms with Crippen molar-refractivity contribution in [3.8, 4) is 6.07 Å². The van der Waals surface area contributed by atoms with Crippen LogP contribution < -0.4 is 0 Å². The second kappa shape index (κ2) is 3.79. The number of allylic oxidation sites excluding steroid dienone is 1. The summed E-state index contributed by atoms with van der Waals surface area (Å²) in [5.41, 5.74) is 2.21. The molecule has 72 valence electrons. The van der Waals surface area contributed by atoms with E-state index in [1.54, 1.807) is 19.9 Å². The normalized spacial score (nSPS) is 10.4. The van der Waals surface area contributed by atoms with E-state index in [0.29, 0.717) is 17.0 Å². The Morgan fingerprint density at radius 3 is 2.64 bits per heavy atom. The largest absolute Gasteiger partial charge is 0.478 e.